The van der Waals surface area contributed by atoms with E-state index in [0.717, 1.165) is 40.6 Å². The van der Waals surface area contributed by atoms with E-state index in [1.54, 1.807) is 83.3 Å². The number of benzene rings is 1. The van der Waals surface area contributed by atoms with Gasteiger partial charge in [-0.1, -0.05) is 64.7 Å². The minimum Gasteiger partial charge on any atom is -0.378 e. The number of ether oxygens (including phenoxy) is 4. The third-order valence-corrected chi connectivity index (χ3v) is 14.2. The van der Waals surface area contributed by atoms with E-state index in [9.17, 15) is 8.42 Å². The average molecular weight is 646 g/mol. The number of hydrogen-bond donors (Lipinski definition) is 0. The predicted octanol–water partition coefficient (Wildman–Crippen LogP) is 6.95. The molecule has 1 aromatic heterocycles. The summed E-state index contributed by atoms with van der Waals surface area (Å²) in [5.74, 6) is 0.882. The average Bonchev–Trinajstić information content (AvgIpc) is 3.66. The molecule has 1 aromatic carbocycles. The fourth-order valence-electron chi connectivity index (χ4n) is 3.82. The molecule has 0 bridgehead atoms. The zero-order chi connectivity index (χ0) is 27.1. The molecule has 1 saturated heterocycles. The third-order valence-electron chi connectivity index (χ3n) is 5.87. The maximum absolute atomic E-state index is 13.0. The lowest BCUT2D eigenvalue weighted by atomic mass is 10.2. The van der Waals surface area contributed by atoms with Crippen LogP contribution >= 0.6 is 58.8 Å². The molecule has 39 heavy (non-hydrogen) atoms. The van der Waals surface area contributed by atoms with E-state index in [2.05, 4.69) is 5.41 Å². The number of thioether (sulfide) groups is 5. The smallest absolute Gasteiger partial charge is 0.267 e. The van der Waals surface area contributed by atoms with Crippen molar-refractivity contribution in [3.8, 4) is 0 Å². The Morgan fingerprint density at radius 3 is 2.38 bits per heavy atom. The molecule has 0 aliphatic carbocycles. The van der Waals surface area contributed by atoms with Gasteiger partial charge in [0.1, 0.15) is 0 Å². The number of fused-ring (bicyclic) bond motifs is 1. The second-order valence-electron chi connectivity index (χ2n) is 8.81. The Labute approximate surface area is 251 Å². The van der Waals surface area contributed by atoms with Gasteiger partial charge < -0.3 is 18.9 Å². The lowest BCUT2D eigenvalue weighted by molar-refractivity contribution is -0.169. The number of rotatable bonds is 13. The summed E-state index contributed by atoms with van der Waals surface area (Å²) in [6.45, 7) is 5.65. The highest BCUT2D eigenvalue weighted by atomic mass is 32.2. The molecule has 212 valence electrons. The summed E-state index contributed by atoms with van der Waals surface area (Å²) in [4.78, 5) is 2.25. The SMILES string of the molecule is Cc1ccc(S(=O)(=O)n2cc3c(c2)SC(=C2SC=C(SCCOCCOCCOC4CCCCO4)S2)S3)cc1. The van der Waals surface area contributed by atoms with Crippen LogP contribution < -0.4 is 0 Å². The van der Waals surface area contributed by atoms with Gasteiger partial charge in [-0.15, -0.1) is 11.8 Å². The molecule has 1 fully saturated rings. The standard InChI is InChI=1S/C26H31NO6S6/c1-19-5-7-20(8-6-19)39(28,29)27-16-21-22(17-27)37-26(36-21)25-35-18-24(38-25)34-15-14-31-11-10-30-12-13-33-23-4-2-3-9-32-23/h5-8,16-18,23H,2-4,9-15H2,1H3. The maximum atomic E-state index is 13.0. The lowest BCUT2D eigenvalue weighted by Crippen LogP contribution is -2.24. The number of nitrogens with zero attached hydrogens (tertiary/aromatic N) is 1. The van der Waals surface area contributed by atoms with Crippen LogP contribution in [0, 0.1) is 6.92 Å². The summed E-state index contributed by atoms with van der Waals surface area (Å²) in [5.41, 5.74) is 1.03. The fourth-order valence-corrected chi connectivity index (χ4v) is 11.6. The Hall–Kier alpha value is -0.480. The normalized spacial score (nSPS) is 19.5. The summed E-state index contributed by atoms with van der Waals surface area (Å²) in [7, 11) is -3.59. The first kappa shape index (κ1) is 30.0. The van der Waals surface area contributed by atoms with E-state index < -0.39 is 10.0 Å². The zero-order valence-corrected chi connectivity index (χ0v) is 26.4. The van der Waals surface area contributed by atoms with Gasteiger partial charge >= 0.3 is 0 Å². The Morgan fingerprint density at radius 2 is 1.67 bits per heavy atom. The molecule has 1 atom stereocenters. The van der Waals surface area contributed by atoms with Gasteiger partial charge in [0.05, 0.1) is 50.6 Å². The van der Waals surface area contributed by atoms with Crippen molar-refractivity contribution in [3.63, 3.8) is 0 Å². The highest BCUT2D eigenvalue weighted by Gasteiger charge is 2.28. The van der Waals surface area contributed by atoms with Crippen LogP contribution in [0.15, 0.2) is 69.5 Å². The van der Waals surface area contributed by atoms with Crippen LogP contribution in [-0.2, 0) is 29.0 Å². The first-order valence-corrected chi connectivity index (χ1v) is 18.4. The Bertz CT molecular complexity index is 1260. The minimum absolute atomic E-state index is 0.0639. The van der Waals surface area contributed by atoms with Crippen LogP contribution in [0.1, 0.15) is 24.8 Å². The van der Waals surface area contributed by atoms with E-state index in [1.807, 2.05) is 19.1 Å². The quantitative estimate of drug-likeness (QED) is 0.213. The molecule has 13 heteroatoms. The van der Waals surface area contributed by atoms with Crippen molar-refractivity contribution in [1.29, 1.82) is 0 Å². The third kappa shape index (κ3) is 8.30. The first-order valence-electron chi connectivity index (χ1n) is 12.7. The van der Waals surface area contributed by atoms with Gasteiger partial charge in [-0.05, 0) is 43.7 Å². The van der Waals surface area contributed by atoms with Crippen molar-refractivity contribution in [3.05, 3.63) is 60.3 Å². The summed E-state index contributed by atoms with van der Waals surface area (Å²) >= 11 is 8.58. The summed E-state index contributed by atoms with van der Waals surface area (Å²) in [6.07, 6.45) is 6.65. The molecule has 4 heterocycles. The molecule has 2 aromatic rings. The number of aryl methyl sites for hydroxylation is 1. The van der Waals surface area contributed by atoms with Crippen LogP contribution in [0.3, 0.4) is 0 Å². The Kier molecular flexibility index (Phi) is 11.2. The highest BCUT2D eigenvalue weighted by Crippen LogP contribution is 2.60. The molecule has 0 radical (unpaired) electrons. The van der Waals surface area contributed by atoms with Gasteiger partial charge in [-0.2, -0.15) is 0 Å². The molecule has 3 aliphatic rings. The van der Waals surface area contributed by atoms with Crippen molar-refractivity contribution >= 4 is 68.8 Å². The summed E-state index contributed by atoms with van der Waals surface area (Å²) < 4.78 is 53.5. The monoisotopic (exact) mass is 645 g/mol. The fraction of sp³-hybridized carbons (Fsp3) is 0.462. The number of aromatic nitrogens is 1. The zero-order valence-electron chi connectivity index (χ0n) is 21.5. The molecule has 0 amide bonds. The largest absolute Gasteiger partial charge is 0.378 e. The van der Waals surface area contributed by atoms with Gasteiger partial charge in [-0.25, -0.2) is 12.4 Å². The molecule has 7 nitrogen and oxygen atoms in total. The van der Waals surface area contributed by atoms with Gasteiger partial charge in [0, 0.05) is 34.5 Å². The van der Waals surface area contributed by atoms with E-state index >= 15 is 0 Å². The molecular formula is C26H31NO6S6. The minimum atomic E-state index is -3.59. The maximum Gasteiger partial charge on any atom is 0.267 e. The summed E-state index contributed by atoms with van der Waals surface area (Å²) in [5, 5.41) is 2.18. The van der Waals surface area contributed by atoms with E-state index in [1.165, 1.54) is 23.1 Å². The molecule has 3 aliphatic heterocycles. The number of hydrogen-bond acceptors (Lipinski definition) is 11. The van der Waals surface area contributed by atoms with Crippen molar-refractivity contribution in [2.75, 3.05) is 45.4 Å². The Morgan fingerprint density at radius 1 is 0.949 bits per heavy atom. The molecule has 0 saturated carbocycles. The van der Waals surface area contributed by atoms with Crippen molar-refractivity contribution in [2.45, 2.75) is 47.2 Å². The second-order valence-corrected chi connectivity index (χ2v) is 16.6. The predicted molar refractivity (Wildman–Crippen MR) is 164 cm³/mol. The van der Waals surface area contributed by atoms with Crippen LogP contribution in [0.5, 0.6) is 0 Å². The Balaban J connectivity index is 0.970. The van der Waals surface area contributed by atoms with Crippen LogP contribution in [0.4, 0.5) is 0 Å². The van der Waals surface area contributed by atoms with Crippen LogP contribution in [-0.4, -0.2) is 64.1 Å². The van der Waals surface area contributed by atoms with Gasteiger partial charge in [-0.3, -0.25) is 0 Å². The van der Waals surface area contributed by atoms with Gasteiger partial charge in [0.25, 0.3) is 10.0 Å². The van der Waals surface area contributed by atoms with Gasteiger partial charge in [0.15, 0.2) is 6.29 Å². The molecular weight excluding hydrogens is 615 g/mol. The molecule has 0 spiro atoms. The van der Waals surface area contributed by atoms with Crippen molar-refractivity contribution in [2.24, 2.45) is 0 Å². The lowest BCUT2D eigenvalue weighted by Gasteiger charge is -2.22. The van der Waals surface area contributed by atoms with Crippen molar-refractivity contribution in [1.82, 2.24) is 3.97 Å². The van der Waals surface area contributed by atoms with Crippen LogP contribution in [0.2, 0.25) is 0 Å². The van der Waals surface area contributed by atoms with E-state index in [4.69, 9.17) is 18.9 Å². The van der Waals surface area contributed by atoms with E-state index in [0.29, 0.717) is 37.9 Å². The highest BCUT2D eigenvalue weighted by molar-refractivity contribution is 8.37. The topological polar surface area (TPSA) is 76.0 Å². The molecule has 1 unspecified atom stereocenters. The summed E-state index contributed by atoms with van der Waals surface area (Å²) in [6, 6.07) is 6.95. The van der Waals surface area contributed by atoms with Gasteiger partial charge in [0.2, 0.25) is 0 Å². The second kappa shape index (κ2) is 14.6. The van der Waals surface area contributed by atoms with Crippen molar-refractivity contribution < 1.29 is 27.4 Å². The van der Waals surface area contributed by atoms with E-state index in [-0.39, 0.29) is 6.29 Å². The molecule has 0 N–H and O–H groups in total. The van der Waals surface area contributed by atoms with Crippen LogP contribution in [0.25, 0.3) is 0 Å². The first-order chi connectivity index (χ1) is 19.0. The molecule has 5 rings (SSSR count).